The van der Waals surface area contributed by atoms with Crippen molar-refractivity contribution in [3.8, 4) is 0 Å². The van der Waals surface area contributed by atoms with E-state index in [-0.39, 0.29) is 0 Å². The van der Waals surface area contributed by atoms with Crippen molar-refractivity contribution in [1.82, 2.24) is 24.2 Å². The van der Waals surface area contributed by atoms with Gasteiger partial charge in [-0.15, -0.1) is 0 Å². The molecule has 0 amide bonds. The number of likely N-dealkylation sites (tertiary alicyclic amines) is 1. The Kier molecular flexibility index (Phi) is 3.22. The molecule has 3 aromatic rings. The van der Waals surface area contributed by atoms with Gasteiger partial charge in [0.2, 0.25) is 0 Å². The number of hydrogen-bond acceptors (Lipinski definition) is 3. The number of fused-ring (bicyclic) bond motifs is 1. The number of hydrogen-bond donors (Lipinski definition) is 0. The fraction of sp³-hybridized carbons (Fsp3) is 0.412. The van der Waals surface area contributed by atoms with Gasteiger partial charge < -0.3 is 4.57 Å². The topological polar surface area (TPSA) is 38.9 Å². The summed E-state index contributed by atoms with van der Waals surface area (Å²) in [6.07, 6.45) is 6.58. The van der Waals surface area contributed by atoms with Gasteiger partial charge in [-0.1, -0.05) is 12.1 Å². The second-order valence-corrected chi connectivity index (χ2v) is 6.15. The summed E-state index contributed by atoms with van der Waals surface area (Å²) in [5.74, 6) is 1.14. The Hall–Kier alpha value is -2.14. The van der Waals surface area contributed by atoms with Gasteiger partial charge in [-0.05, 0) is 31.5 Å². The smallest absolute Gasteiger partial charge is 0.123 e. The quantitative estimate of drug-likeness (QED) is 0.745. The molecule has 5 nitrogen and oxygen atoms in total. The van der Waals surface area contributed by atoms with E-state index in [2.05, 4.69) is 46.0 Å². The van der Waals surface area contributed by atoms with Crippen LogP contribution < -0.4 is 0 Å². The van der Waals surface area contributed by atoms with E-state index in [1.54, 1.807) is 0 Å². The Morgan fingerprint density at radius 2 is 2.09 bits per heavy atom. The highest BCUT2D eigenvalue weighted by molar-refractivity contribution is 5.75. The van der Waals surface area contributed by atoms with Gasteiger partial charge in [-0.3, -0.25) is 9.58 Å². The monoisotopic (exact) mass is 295 g/mol. The summed E-state index contributed by atoms with van der Waals surface area (Å²) >= 11 is 0. The van der Waals surface area contributed by atoms with E-state index < -0.39 is 0 Å². The Bertz CT molecular complexity index is 800. The van der Waals surface area contributed by atoms with Crippen LogP contribution in [0.3, 0.4) is 0 Å². The maximum Gasteiger partial charge on any atom is 0.123 e. The average Bonchev–Trinajstić information content (AvgIpc) is 3.21. The normalized spacial score (nSPS) is 19.3. The first-order chi connectivity index (χ1) is 10.7. The van der Waals surface area contributed by atoms with Gasteiger partial charge in [-0.2, -0.15) is 5.10 Å². The van der Waals surface area contributed by atoms with Gasteiger partial charge in [0.25, 0.3) is 0 Å². The van der Waals surface area contributed by atoms with Gasteiger partial charge in [-0.25, -0.2) is 4.98 Å². The SMILES string of the molecule is Cn1cc([C@@H]2CCCN2Cc2nc3ccccc3n2C)cn1. The molecule has 0 bridgehead atoms. The zero-order valence-corrected chi connectivity index (χ0v) is 13.1. The van der Waals surface area contributed by atoms with Gasteiger partial charge in [0.05, 0.1) is 23.8 Å². The van der Waals surface area contributed by atoms with Crippen molar-refractivity contribution in [3.63, 3.8) is 0 Å². The number of benzene rings is 1. The molecular formula is C17H21N5. The van der Waals surface area contributed by atoms with E-state index in [0.29, 0.717) is 6.04 Å². The minimum absolute atomic E-state index is 0.466. The third kappa shape index (κ3) is 2.22. The predicted molar refractivity (Wildman–Crippen MR) is 86.3 cm³/mol. The molecule has 1 aliphatic rings. The maximum atomic E-state index is 4.81. The first kappa shape index (κ1) is 13.5. The molecule has 1 aromatic carbocycles. The van der Waals surface area contributed by atoms with Gasteiger partial charge in [0.15, 0.2) is 0 Å². The predicted octanol–water partition coefficient (Wildman–Crippen LogP) is 2.64. The molecule has 2 aromatic heterocycles. The minimum atomic E-state index is 0.466. The van der Waals surface area contributed by atoms with E-state index in [0.717, 1.165) is 24.4 Å². The van der Waals surface area contributed by atoms with Crippen LogP contribution in [-0.4, -0.2) is 30.8 Å². The second-order valence-electron chi connectivity index (χ2n) is 6.15. The lowest BCUT2D eigenvalue weighted by molar-refractivity contribution is 0.240. The summed E-state index contributed by atoms with van der Waals surface area (Å²) in [6.45, 7) is 2.02. The average molecular weight is 295 g/mol. The van der Waals surface area contributed by atoms with Crippen molar-refractivity contribution >= 4 is 11.0 Å². The summed E-state index contributed by atoms with van der Waals surface area (Å²) < 4.78 is 4.11. The lowest BCUT2D eigenvalue weighted by Gasteiger charge is -2.23. The molecule has 0 saturated carbocycles. The summed E-state index contributed by atoms with van der Waals surface area (Å²) in [5.41, 5.74) is 3.60. The molecule has 5 heteroatoms. The van der Waals surface area contributed by atoms with E-state index >= 15 is 0 Å². The van der Waals surface area contributed by atoms with Crippen molar-refractivity contribution in [1.29, 1.82) is 0 Å². The van der Waals surface area contributed by atoms with E-state index in [1.807, 2.05) is 24.0 Å². The molecule has 0 radical (unpaired) electrons. The molecule has 1 fully saturated rings. The van der Waals surface area contributed by atoms with Crippen LogP contribution in [-0.2, 0) is 20.6 Å². The van der Waals surface area contributed by atoms with Gasteiger partial charge in [0.1, 0.15) is 5.82 Å². The molecule has 1 saturated heterocycles. The van der Waals surface area contributed by atoms with E-state index in [9.17, 15) is 0 Å². The van der Waals surface area contributed by atoms with Crippen LogP contribution in [0.15, 0.2) is 36.7 Å². The van der Waals surface area contributed by atoms with Crippen LogP contribution in [0.2, 0.25) is 0 Å². The van der Waals surface area contributed by atoms with Crippen molar-refractivity contribution in [2.45, 2.75) is 25.4 Å². The van der Waals surface area contributed by atoms with Crippen molar-refractivity contribution in [2.75, 3.05) is 6.54 Å². The molecular weight excluding hydrogens is 274 g/mol. The molecule has 114 valence electrons. The summed E-state index contributed by atoms with van der Waals surface area (Å²) in [6, 6.07) is 8.80. The molecule has 0 aliphatic carbocycles. The fourth-order valence-corrected chi connectivity index (χ4v) is 3.52. The van der Waals surface area contributed by atoms with E-state index in [4.69, 9.17) is 4.98 Å². The van der Waals surface area contributed by atoms with Crippen molar-refractivity contribution < 1.29 is 0 Å². The molecule has 0 unspecified atom stereocenters. The Morgan fingerprint density at radius 1 is 1.23 bits per heavy atom. The fourth-order valence-electron chi connectivity index (χ4n) is 3.52. The number of aromatic nitrogens is 4. The number of rotatable bonds is 3. The lowest BCUT2D eigenvalue weighted by Crippen LogP contribution is -2.24. The van der Waals surface area contributed by atoms with Crippen molar-refractivity contribution in [3.05, 3.63) is 48.0 Å². The van der Waals surface area contributed by atoms with Crippen LogP contribution in [0.1, 0.15) is 30.3 Å². The first-order valence-corrected chi connectivity index (χ1v) is 7.85. The second kappa shape index (κ2) is 5.25. The minimum Gasteiger partial charge on any atom is -0.330 e. The third-order valence-corrected chi connectivity index (χ3v) is 4.70. The highest BCUT2D eigenvalue weighted by atomic mass is 15.3. The Morgan fingerprint density at radius 3 is 2.86 bits per heavy atom. The number of para-hydroxylation sites is 2. The summed E-state index contributed by atoms with van der Waals surface area (Å²) in [5, 5.41) is 4.32. The number of nitrogens with zero attached hydrogens (tertiary/aromatic N) is 5. The van der Waals surface area contributed by atoms with Crippen LogP contribution in [0, 0.1) is 0 Å². The van der Waals surface area contributed by atoms with E-state index in [1.165, 1.54) is 23.9 Å². The van der Waals surface area contributed by atoms with Gasteiger partial charge >= 0.3 is 0 Å². The lowest BCUT2D eigenvalue weighted by atomic mass is 10.1. The van der Waals surface area contributed by atoms with Crippen LogP contribution in [0.4, 0.5) is 0 Å². The highest BCUT2D eigenvalue weighted by Crippen LogP contribution is 2.33. The van der Waals surface area contributed by atoms with Crippen LogP contribution in [0.25, 0.3) is 11.0 Å². The molecule has 0 spiro atoms. The molecule has 1 aliphatic heterocycles. The molecule has 22 heavy (non-hydrogen) atoms. The highest BCUT2D eigenvalue weighted by Gasteiger charge is 2.28. The first-order valence-electron chi connectivity index (χ1n) is 7.85. The molecule has 3 heterocycles. The number of aryl methyl sites for hydroxylation is 2. The Balaban J connectivity index is 1.62. The summed E-state index contributed by atoms with van der Waals surface area (Å²) in [4.78, 5) is 7.34. The standard InChI is InChI=1S/C17H21N5/c1-20-11-13(10-18-20)15-8-5-9-22(15)12-17-19-14-6-3-4-7-16(14)21(17)2/h3-4,6-7,10-11,15H,5,8-9,12H2,1-2H3/t15-/m0/s1. The molecule has 4 rings (SSSR count). The van der Waals surface area contributed by atoms with Crippen molar-refractivity contribution in [2.24, 2.45) is 14.1 Å². The van der Waals surface area contributed by atoms with Crippen LogP contribution in [0.5, 0.6) is 0 Å². The largest absolute Gasteiger partial charge is 0.330 e. The summed E-state index contributed by atoms with van der Waals surface area (Å²) in [7, 11) is 4.09. The molecule has 1 atom stereocenters. The molecule has 0 N–H and O–H groups in total. The van der Waals surface area contributed by atoms with Gasteiger partial charge in [0, 0.05) is 31.9 Å². The third-order valence-electron chi connectivity index (χ3n) is 4.70. The Labute approximate surface area is 130 Å². The van der Waals surface area contributed by atoms with Crippen LogP contribution >= 0.6 is 0 Å². The number of imidazole rings is 1. The maximum absolute atomic E-state index is 4.81. The zero-order valence-electron chi connectivity index (χ0n) is 13.1. The zero-order chi connectivity index (χ0) is 15.1.